The van der Waals surface area contributed by atoms with Gasteiger partial charge in [0.25, 0.3) is 17.7 Å². The summed E-state index contributed by atoms with van der Waals surface area (Å²) < 4.78 is 5.82. The summed E-state index contributed by atoms with van der Waals surface area (Å²) in [6.07, 6.45) is 0. The number of benzene rings is 3. The van der Waals surface area contributed by atoms with Gasteiger partial charge in [-0.3, -0.25) is 19.7 Å². The third-order valence-corrected chi connectivity index (χ3v) is 5.07. The molecule has 3 aromatic carbocycles. The molecule has 0 saturated carbocycles. The third kappa shape index (κ3) is 3.98. The third-order valence-electron chi connectivity index (χ3n) is 4.30. The van der Waals surface area contributed by atoms with Crippen molar-refractivity contribution in [3.63, 3.8) is 0 Å². The van der Waals surface area contributed by atoms with E-state index >= 15 is 0 Å². The number of ether oxygens (including phenoxy) is 1. The molecule has 1 aliphatic heterocycles. The maximum Gasteiger partial charge on any atom is 0.258 e. The Labute approximate surface area is 185 Å². The fraction of sp³-hybridized carbons (Fsp3) is 0. The first-order valence-electron chi connectivity index (χ1n) is 8.55. The molecule has 150 valence electrons. The molecule has 6 nitrogen and oxygen atoms in total. The van der Waals surface area contributed by atoms with Crippen LogP contribution < -0.4 is 15.4 Å². The second-order valence-electron chi connectivity index (χ2n) is 6.32. The molecule has 4 rings (SSSR count). The van der Waals surface area contributed by atoms with E-state index in [2.05, 4.69) is 10.6 Å². The molecule has 9 heteroatoms. The van der Waals surface area contributed by atoms with Crippen LogP contribution in [0.2, 0.25) is 15.1 Å². The van der Waals surface area contributed by atoms with Gasteiger partial charge in [0.15, 0.2) is 5.75 Å². The number of nitrogens with one attached hydrogen (secondary N) is 2. The van der Waals surface area contributed by atoms with Gasteiger partial charge < -0.3 is 10.1 Å². The molecule has 0 saturated heterocycles. The zero-order valence-corrected chi connectivity index (χ0v) is 17.2. The lowest BCUT2D eigenvalue weighted by Gasteiger charge is -2.14. The van der Waals surface area contributed by atoms with E-state index in [1.165, 1.54) is 30.3 Å². The first kappa shape index (κ1) is 20.2. The molecule has 0 atom stereocenters. The van der Waals surface area contributed by atoms with Gasteiger partial charge in [0.1, 0.15) is 5.75 Å². The summed E-state index contributed by atoms with van der Waals surface area (Å²) in [5.74, 6) is -0.918. The molecule has 3 aromatic rings. The second-order valence-corrected chi connectivity index (χ2v) is 7.60. The average molecular weight is 462 g/mol. The minimum Gasteiger partial charge on any atom is -0.454 e. The van der Waals surface area contributed by atoms with Gasteiger partial charge in [-0.15, -0.1) is 0 Å². The van der Waals surface area contributed by atoms with E-state index in [1.54, 1.807) is 24.3 Å². The number of imide groups is 1. The highest BCUT2D eigenvalue weighted by Gasteiger charge is 2.27. The van der Waals surface area contributed by atoms with Crippen molar-refractivity contribution in [1.29, 1.82) is 0 Å². The fourth-order valence-corrected chi connectivity index (χ4v) is 3.49. The number of hydrogen-bond donors (Lipinski definition) is 2. The zero-order chi connectivity index (χ0) is 21.4. The highest BCUT2D eigenvalue weighted by atomic mass is 35.5. The van der Waals surface area contributed by atoms with Crippen LogP contribution in [0.5, 0.6) is 11.5 Å². The number of rotatable bonds is 4. The van der Waals surface area contributed by atoms with Gasteiger partial charge in [0, 0.05) is 15.6 Å². The molecule has 0 unspecified atom stereocenters. The zero-order valence-electron chi connectivity index (χ0n) is 15.0. The van der Waals surface area contributed by atoms with Crippen molar-refractivity contribution >= 4 is 58.2 Å². The Morgan fingerprint density at radius 3 is 2.20 bits per heavy atom. The topological polar surface area (TPSA) is 84.5 Å². The summed E-state index contributed by atoms with van der Waals surface area (Å²) in [6, 6.07) is 13.7. The van der Waals surface area contributed by atoms with Gasteiger partial charge in [-0.1, -0.05) is 34.8 Å². The van der Waals surface area contributed by atoms with Gasteiger partial charge in [-0.25, -0.2) is 0 Å². The largest absolute Gasteiger partial charge is 0.454 e. The molecular weight excluding hydrogens is 451 g/mol. The van der Waals surface area contributed by atoms with Crippen molar-refractivity contribution in [1.82, 2.24) is 5.32 Å². The smallest absolute Gasteiger partial charge is 0.258 e. The van der Waals surface area contributed by atoms with Crippen molar-refractivity contribution in [2.75, 3.05) is 5.32 Å². The van der Waals surface area contributed by atoms with Crippen molar-refractivity contribution < 1.29 is 19.1 Å². The highest BCUT2D eigenvalue weighted by Crippen LogP contribution is 2.36. The van der Waals surface area contributed by atoms with Crippen molar-refractivity contribution in [3.05, 3.63) is 86.4 Å². The van der Waals surface area contributed by atoms with Crippen LogP contribution in [0.3, 0.4) is 0 Å². The number of hydrogen-bond acceptors (Lipinski definition) is 4. The summed E-state index contributed by atoms with van der Waals surface area (Å²) in [7, 11) is 0. The summed E-state index contributed by atoms with van der Waals surface area (Å²) in [5.41, 5.74) is 0.845. The SMILES string of the molecule is O=C(Nc1cc(Cl)ccc1Oc1ccc(Cl)cc1Cl)c1ccc2c(c1)C(=O)NC2=O. The number of halogens is 3. The Balaban J connectivity index is 1.62. The highest BCUT2D eigenvalue weighted by molar-refractivity contribution is 6.35. The van der Waals surface area contributed by atoms with Crippen LogP contribution in [0.1, 0.15) is 31.1 Å². The van der Waals surface area contributed by atoms with Crippen LogP contribution in [0.4, 0.5) is 5.69 Å². The lowest BCUT2D eigenvalue weighted by atomic mass is 10.1. The summed E-state index contributed by atoms with van der Waals surface area (Å²) in [5, 5.41) is 6.01. The van der Waals surface area contributed by atoms with Crippen LogP contribution >= 0.6 is 34.8 Å². The van der Waals surface area contributed by atoms with E-state index in [4.69, 9.17) is 39.5 Å². The Morgan fingerprint density at radius 1 is 0.800 bits per heavy atom. The van der Waals surface area contributed by atoms with E-state index in [1.807, 2.05) is 0 Å². The molecule has 0 fully saturated rings. The van der Waals surface area contributed by atoms with Crippen LogP contribution in [0.25, 0.3) is 0 Å². The Kier molecular flexibility index (Phi) is 5.39. The molecule has 3 amide bonds. The lowest BCUT2D eigenvalue weighted by Crippen LogP contribution is -2.19. The first-order chi connectivity index (χ1) is 14.3. The Bertz CT molecular complexity index is 1230. The predicted molar refractivity (Wildman–Crippen MR) is 114 cm³/mol. The minimum absolute atomic E-state index is 0.142. The standard InChI is InChI=1S/C21H11Cl3N2O4/c22-11-2-5-17(15(24)8-11)30-18-6-3-12(23)9-16(18)25-19(27)10-1-4-13-14(7-10)21(29)26-20(13)28/h1-9H,(H,25,27)(H,26,28,29). The van der Waals surface area contributed by atoms with Gasteiger partial charge in [-0.2, -0.15) is 0 Å². The van der Waals surface area contributed by atoms with Crippen LogP contribution in [-0.4, -0.2) is 17.7 Å². The average Bonchev–Trinajstić information content (AvgIpc) is 2.99. The quantitative estimate of drug-likeness (QED) is 0.497. The molecule has 0 aromatic heterocycles. The number of anilines is 1. The maximum atomic E-state index is 12.8. The molecule has 0 spiro atoms. The van der Waals surface area contributed by atoms with E-state index in [9.17, 15) is 14.4 Å². The normalized spacial score (nSPS) is 12.4. The van der Waals surface area contributed by atoms with Gasteiger partial charge in [0.2, 0.25) is 0 Å². The predicted octanol–water partition coefficient (Wildman–Crippen LogP) is 5.58. The summed E-state index contributed by atoms with van der Waals surface area (Å²) >= 11 is 18.1. The van der Waals surface area contributed by atoms with Gasteiger partial charge >= 0.3 is 0 Å². The molecule has 30 heavy (non-hydrogen) atoms. The number of carbonyl (C=O) groups excluding carboxylic acids is 3. The molecule has 1 heterocycles. The Morgan fingerprint density at radius 2 is 1.47 bits per heavy atom. The van der Waals surface area contributed by atoms with Gasteiger partial charge in [0.05, 0.1) is 21.8 Å². The van der Waals surface area contributed by atoms with Crippen molar-refractivity contribution in [3.8, 4) is 11.5 Å². The number of fused-ring (bicyclic) bond motifs is 1. The second kappa shape index (κ2) is 7.99. The number of amides is 3. The molecule has 1 aliphatic rings. The molecule has 0 bridgehead atoms. The van der Waals surface area contributed by atoms with Crippen molar-refractivity contribution in [2.45, 2.75) is 0 Å². The Hall–Kier alpha value is -3.06. The first-order valence-corrected chi connectivity index (χ1v) is 9.69. The van der Waals surface area contributed by atoms with Crippen LogP contribution in [0, 0.1) is 0 Å². The fourth-order valence-electron chi connectivity index (χ4n) is 2.87. The van der Waals surface area contributed by atoms with Crippen LogP contribution in [0.15, 0.2) is 54.6 Å². The lowest BCUT2D eigenvalue weighted by molar-refractivity contribution is 0.0879. The minimum atomic E-state index is -0.547. The van der Waals surface area contributed by atoms with E-state index in [0.29, 0.717) is 32.3 Å². The summed E-state index contributed by atoms with van der Waals surface area (Å²) in [6.45, 7) is 0. The van der Waals surface area contributed by atoms with E-state index in [-0.39, 0.29) is 16.7 Å². The van der Waals surface area contributed by atoms with Crippen molar-refractivity contribution in [2.24, 2.45) is 0 Å². The number of carbonyl (C=O) groups is 3. The summed E-state index contributed by atoms with van der Waals surface area (Å²) in [4.78, 5) is 36.3. The molecule has 0 radical (unpaired) electrons. The van der Waals surface area contributed by atoms with E-state index in [0.717, 1.165) is 0 Å². The monoisotopic (exact) mass is 460 g/mol. The molecule has 0 aliphatic carbocycles. The molecule has 2 N–H and O–H groups in total. The van der Waals surface area contributed by atoms with Gasteiger partial charge in [-0.05, 0) is 54.6 Å². The van der Waals surface area contributed by atoms with E-state index < -0.39 is 17.7 Å². The van der Waals surface area contributed by atoms with Crippen LogP contribution in [-0.2, 0) is 0 Å². The molecular formula is C21H11Cl3N2O4. The maximum absolute atomic E-state index is 12.8.